The molecule has 7 heteroatoms. The van der Waals surface area contributed by atoms with E-state index in [0.29, 0.717) is 13.3 Å². The number of halogens is 4. The monoisotopic (exact) mass is 288 g/mol. The highest BCUT2D eigenvalue weighted by molar-refractivity contribution is 5.76. The summed E-state index contributed by atoms with van der Waals surface area (Å²) in [5.41, 5.74) is -4.57. The molecule has 0 rings (SSSR count). The maximum atomic E-state index is 13.7. The Bertz CT molecular complexity index is 327. The van der Waals surface area contributed by atoms with E-state index in [4.69, 9.17) is 0 Å². The summed E-state index contributed by atoms with van der Waals surface area (Å²) in [7, 11) is 0. The van der Waals surface area contributed by atoms with Crippen molar-refractivity contribution < 1.29 is 32.2 Å². The largest absolute Gasteiger partial charge is 0.456 e. The molecule has 0 amide bonds. The first-order valence-corrected chi connectivity index (χ1v) is 5.90. The van der Waals surface area contributed by atoms with Crippen LogP contribution >= 0.6 is 0 Å². The number of aliphatic hydroxyl groups is 1. The molecule has 0 aliphatic heterocycles. The van der Waals surface area contributed by atoms with Crippen LogP contribution in [0.4, 0.5) is 17.6 Å². The van der Waals surface area contributed by atoms with Crippen molar-refractivity contribution in [3.8, 4) is 0 Å². The van der Waals surface area contributed by atoms with Gasteiger partial charge in [0.2, 0.25) is 0 Å². The number of esters is 1. The third kappa shape index (κ3) is 3.58. The Hall–Kier alpha value is -0.850. The van der Waals surface area contributed by atoms with Gasteiger partial charge in [0.05, 0.1) is 5.41 Å². The van der Waals surface area contributed by atoms with Gasteiger partial charge in [0.1, 0.15) is 0 Å². The molecule has 0 aliphatic carbocycles. The zero-order chi connectivity index (χ0) is 15.6. The van der Waals surface area contributed by atoms with Crippen molar-refractivity contribution in [1.82, 2.24) is 0 Å². The predicted octanol–water partition coefficient (Wildman–Crippen LogP) is 3.01. The predicted molar refractivity (Wildman–Crippen MR) is 61.2 cm³/mol. The van der Waals surface area contributed by atoms with Crippen LogP contribution in [0.5, 0.6) is 0 Å². The summed E-state index contributed by atoms with van der Waals surface area (Å²) in [5.74, 6) is -5.19. The summed E-state index contributed by atoms with van der Waals surface area (Å²) in [4.78, 5) is 11.6. The molecule has 0 aromatic rings. The Morgan fingerprint density at radius 1 is 1.26 bits per heavy atom. The molecule has 0 bridgehead atoms. The number of rotatable bonds is 6. The summed E-state index contributed by atoms with van der Waals surface area (Å²) in [5, 5.41) is 9.17. The summed E-state index contributed by atoms with van der Waals surface area (Å²) in [6, 6.07) is 0. The molecule has 0 saturated heterocycles. The van der Waals surface area contributed by atoms with Crippen molar-refractivity contribution >= 4 is 5.97 Å². The normalized spacial score (nSPS) is 18.1. The van der Waals surface area contributed by atoms with Gasteiger partial charge in [-0.15, -0.1) is 0 Å². The number of hydrogen-bond acceptors (Lipinski definition) is 3. The Labute approximate surface area is 109 Å². The second-order valence-corrected chi connectivity index (χ2v) is 5.36. The lowest BCUT2D eigenvalue weighted by Gasteiger charge is -2.36. The first-order valence-electron chi connectivity index (χ1n) is 5.90. The molecule has 0 aromatic carbocycles. The minimum absolute atomic E-state index is 0.312. The van der Waals surface area contributed by atoms with Crippen LogP contribution in [0.1, 0.15) is 41.0 Å². The van der Waals surface area contributed by atoms with E-state index < -0.39 is 35.4 Å². The number of carbonyl (C=O) groups is 1. The van der Waals surface area contributed by atoms with E-state index >= 15 is 0 Å². The summed E-state index contributed by atoms with van der Waals surface area (Å²) in [6.07, 6.45) is -5.48. The van der Waals surface area contributed by atoms with Crippen LogP contribution in [0, 0.1) is 5.41 Å². The Morgan fingerprint density at radius 2 is 1.68 bits per heavy atom. The van der Waals surface area contributed by atoms with E-state index in [9.17, 15) is 27.5 Å². The van der Waals surface area contributed by atoms with Crippen LogP contribution in [0.15, 0.2) is 0 Å². The maximum absolute atomic E-state index is 13.7. The zero-order valence-electron chi connectivity index (χ0n) is 11.6. The molecule has 0 aromatic heterocycles. The smallest absolute Gasteiger partial charge is 0.317 e. The molecule has 2 unspecified atom stereocenters. The molecule has 0 spiro atoms. The average Bonchev–Trinajstić information content (AvgIpc) is 2.27. The average molecular weight is 288 g/mol. The third-order valence-corrected chi connectivity index (χ3v) is 3.33. The van der Waals surface area contributed by atoms with Gasteiger partial charge in [0.25, 0.3) is 6.43 Å². The Balaban J connectivity index is 5.03. The van der Waals surface area contributed by atoms with Gasteiger partial charge in [-0.2, -0.15) is 8.78 Å². The van der Waals surface area contributed by atoms with Crippen molar-refractivity contribution in [1.29, 1.82) is 0 Å². The lowest BCUT2D eigenvalue weighted by molar-refractivity contribution is -0.267. The third-order valence-electron chi connectivity index (χ3n) is 3.33. The van der Waals surface area contributed by atoms with Gasteiger partial charge >= 0.3 is 11.9 Å². The van der Waals surface area contributed by atoms with Crippen LogP contribution in [-0.4, -0.2) is 35.1 Å². The summed E-state index contributed by atoms with van der Waals surface area (Å²) >= 11 is 0. The molecule has 114 valence electrons. The number of alkyl halides is 4. The fourth-order valence-electron chi connectivity index (χ4n) is 1.10. The second kappa shape index (κ2) is 5.64. The fraction of sp³-hybridized carbons (Fsp3) is 0.917. The topological polar surface area (TPSA) is 46.5 Å². The zero-order valence-corrected chi connectivity index (χ0v) is 11.6. The minimum atomic E-state index is -4.26. The van der Waals surface area contributed by atoms with Crippen molar-refractivity contribution in [2.75, 3.05) is 0 Å². The minimum Gasteiger partial charge on any atom is -0.456 e. The molecule has 2 atom stereocenters. The van der Waals surface area contributed by atoms with Gasteiger partial charge in [0.15, 0.2) is 11.7 Å². The molecule has 19 heavy (non-hydrogen) atoms. The summed E-state index contributed by atoms with van der Waals surface area (Å²) in [6.45, 7) is 5.74. The molecular formula is C12H20F4O3. The Kier molecular flexibility index (Phi) is 5.39. The molecule has 0 saturated carbocycles. The van der Waals surface area contributed by atoms with E-state index in [1.54, 1.807) is 6.92 Å². The maximum Gasteiger partial charge on any atom is 0.317 e. The Morgan fingerprint density at radius 3 is 2.00 bits per heavy atom. The summed E-state index contributed by atoms with van der Waals surface area (Å²) < 4.78 is 56.8. The van der Waals surface area contributed by atoms with E-state index in [-0.39, 0.29) is 0 Å². The number of ether oxygens (including phenoxy) is 1. The molecule has 1 N–H and O–H groups in total. The van der Waals surface area contributed by atoms with Crippen LogP contribution in [0.3, 0.4) is 0 Å². The molecular weight excluding hydrogens is 268 g/mol. The lowest BCUT2D eigenvalue weighted by atomic mass is 9.90. The number of hydrogen-bond donors (Lipinski definition) is 1. The highest BCUT2D eigenvalue weighted by Crippen LogP contribution is 2.38. The van der Waals surface area contributed by atoms with Gasteiger partial charge in [-0.1, -0.05) is 6.92 Å². The van der Waals surface area contributed by atoms with Gasteiger partial charge in [-0.05, 0) is 34.1 Å². The van der Waals surface area contributed by atoms with Crippen molar-refractivity contribution in [2.45, 2.75) is 65.1 Å². The first-order chi connectivity index (χ1) is 8.30. The van der Waals surface area contributed by atoms with E-state index in [2.05, 4.69) is 4.74 Å². The highest BCUT2D eigenvalue weighted by Gasteiger charge is 2.60. The van der Waals surface area contributed by atoms with Gasteiger partial charge in [-0.3, -0.25) is 4.79 Å². The van der Waals surface area contributed by atoms with E-state index in [0.717, 1.165) is 6.92 Å². The molecule has 0 radical (unpaired) electrons. The van der Waals surface area contributed by atoms with Crippen LogP contribution in [0.25, 0.3) is 0 Å². The van der Waals surface area contributed by atoms with Crippen LogP contribution in [-0.2, 0) is 9.53 Å². The molecule has 0 heterocycles. The van der Waals surface area contributed by atoms with Crippen LogP contribution in [0.2, 0.25) is 0 Å². The van der Waals surface area contributed by atoms with Crippen molar-refractivity contribution in [3.63, 3.8) is 0 Å². The standard InChI is InChI=1S/C12H20F4O3/c1-6-10(3,4)9(17)19-7(2)12(15,16)11(5,18)8(13)14/h7-8,18H,6H2,1-5H3. The first kappa shape index (κ1) is 18.1. The van der Waals surface area contributed by atoms with Gasteiger partial charge in [-0.25, -0.2) is 8.78 Å². The SMILES string of the molecule is CCC(C)(C)C(=O)OC(C)C(F)(F)C(C)(O)C(F)F. The molecule has 0 aliphatic rings. The van der Waals surface area contributed by atoms with E-state index in [1.807, 2.05) is 0 Å². The van der Waals surface area contributed by atoms with Crippen LogP contribution < -0.4 is 0 Å². The van der Waals surface area contributed by atoms with Crippen molar-refractivity contribution in [3.05, 3.63) is 0 Å². The van der Waals surface area contributed by atoms with Gasteiger partial charge in [0, 0.05) is 0 Å². The lowest BCUT2D eigenvalue weighted by Crippen LogP contribution is -2.58. The van der Waals surface area contributed by atoms with E-state index in [1.165, 1.54) is 13.8 Å². The second-order valence-electron chi connectivity index (χ2n) is 5.36. The molecule has 0 fully saturated rings. The quantitative estimate of drug-likeness (QED) is 0.603. The molecule has 3 nitrogen and oxygen atoms in total. The number of carbonyl (C=O) groups excluding carboxylic acids is 1. The van der Waals surface area contributed by atoms with Crippen molar-refractivity contribution in [2.24, 2.45) is 5.41 Å². The van der Waals surface area contributed by atoms with Gasteiger partial charge < -0.3 is 9.84 Å². The highest BCUT2D eigenvalue weighted by atomic mass is 19.3. The fourth-order valence-corrected chi connectivity index (χ4v) is 1.10.